The first-order valence-electron chi connectivity index (χ1n) is 4.12. The van der Waals surface area contributed by atoms with E-state index in [9.17, 15) is 4.79 Å². The second kappa shape index (κ2) is 2.73. The lowest BCUT2D eigenvalue weighted by Crippen LogP contribution is -2.20. The first-order chi connectivity index (χ1) is 6.59. The molecule has 0 saturated heterocycles. The Morgan fingerprint density at radius 3 is 2.71 bits per heavy atom. The minimum atomic E-state index is -0.966. The first kappa shape index (κ1) is 8.56. The van der Waals surface area contributed by atoms with Gasteiger partial charge in [-0.05, 0) is 22.6 Å². The van der Waals surface area contributed by atoms with Crippen molar-refractivity contribution in [3.05, 3.63) is 34.3 Å². The number of carbonyl (C=O) groups is 1. The zero-order valence-corrected chi connectivity index (χ0v) is 7.50. The summed E-state index contributed by atoms with van der Waals surface area (Å²) in [6.07, 6.45) is 0. The topological polar surface area (TPSA) is 53.1 Å². The number of hydrogen-bond donors (Lipinski definition) is 2. The molecule has 3 nitrogen and oxygen atoms in total. The van der Waals surface area contributed by atoms with Crippen LogP contribution in [-0.2, 0) is 0 Å². The number of carboxylic acid groups (broad SMARTS) is 1. The summed E-state index contributed by atoms with van der Waals surface area (Å²) >= 11 is 0. The number of aromatic nitrogens is 1. The van der Waals surface area contributed by atoms with E-state index in [-0.39, 0.29) is 5.69 Å². The number of aromatic carboxylic acids is 1. The van der Waals surface area contributed by atoms with E-state index in [2.05, 4.69) is 18.1 Å². The predicted molar refractivity (Wildman–Crippen MR) is 55.6 cm³/mol. The largest absolute Gasteiger partial charge is 0.477 e. The zero-order valence-electron chi connectivity index (χ0n) is 7.50. The van der Waals surface area contributed by atoms with Crippen molar-refractivity contribution in [1.82, 2.24) is 4.98 Å². The summed E-state index contributed by atoms with van der Waals surface area (Å²) in [5, 5.41) is 11.2. The third kappa shape index (κ3) is 1.10. The van der Waals surface area contributed by atoms with Crippen molar-refractivity contribution in [3.8, 4) is 0 Å². The molecule has 1 aromatic carbocycles. The number of nitrogens with one attached hydrogen (secondary N) is 1. The van der Waals surface area contributed by atoms with E-state index in [0.717, 1.165) is 21.3 Å². The number of rotatable bonds is 1. The molecule has 14 heavy (non-hydrogen) atoms. The van der Waals surface area contributed by atoms with Gasteiger partial charge in [-0.2, -0.15) is 0 Å². The van der Waals surface area contributed by atoms with Gasteiger partial charge in [0.1, 0.15) is 5.69 Å². The Bertz CT molecular complexity index is 610. The molecule has 2 N–H and O–H groups in total. The van der Waals surface area contributed by atoms with E-state index in [1.165, 1.54) is 0 Å². The quantitative estimate of drug-likeness (QED) is 0.690. The summed E-state index contributed by atoms with van der Waals surface area (Å²) in [5.41, 5.74) is 0.954. The van der Waals surface area contributed by atoms with E-state index in [1.807, 2.05) is 6.07 Å². The van der Waals surface area contributed by atoms with Crippen molar-refractivity contribution < 1.29 is 9.90 Å². The van der Waals surface area contributed by atoms with Crippen molar-refractivity contribution >= 4 is 30.0 Å². The molecule has 0 fully saturated rings. The summed E-state index contributed by atoms with van der Waals surface area (Å²) in [6.45, 7) is 7.65. The monoisotopic (exact) mass is 187 g/mol. The number of hydrogen-bond acceptors (Lipinski definition) is 1. The van der Waals surface area contributed by atoms with E-state index in [0.29, 0.717) is 0 Å². The average molecular weight is 187 g/mol. The molecule has 70 valence electrons. The van der Waals surface area contributed by atoms with Gasteiger partial charge in [-0.1, -0.05) is 19.2 Å². The Morgan fingerprint density at radius 1 is 1.36 bits per heavy atom. The molecule has 0 unspecified atom stereocenters. The predicted octanol–water partition coefficient (Wildman–Crippen LogP) is 0.687. The minimum Gasteiger partial charge on any atom is -0.477 e. The molecule has 0 aliphatic carbocycles. The molecule has 0 amide bonds. The fraction of sp³-hybridized carbons (Fsp3) is 0. The lowest BCUT2D eigenvalue weighted by atomic mass is 10.2. The molecule has 0 atom stereocenters. The fourth-order valence-electron chi connectivity index (χ4n) is 1.42. The van der Waals surface area contributed by atoms with Gasteiger partial charge in [-0.25, -0.2) is 4.79 Å². The minimum absolute atomic E-state index is 0.176. The number of aromatic amines is 1. The van der Waals surface area contributed by atoms with Crippen LogP contribution in [0.4, 0.5) is 0 Å². The standard InChI is InChI=1S/C11H9NO2/c1-6-3-4-9-8(7(6)2)5-10(12-9)11(13)14/h3-5,12H,1-2H2,(H,13,14). The van der Waals surface area contributed by atoms with Crippen LogP contribution in [0.1, 0.15) is 10.5 Å². The molecule has 0 saturated carbocycles. The lowest BCUT2D eigenvalue weighted by Gasteiger charge is -1.89. The molecule has 2 rings (SSSR count). The van der Waals surface area contributed by atoms with Crippen LogP contribution in [0, 0.1) is 0 Å². The number of H-pyrrole nitrogens is 1. The van der Waals surface area contributed by atoms with Gasteiger partial charge in [0.2, 0.25) is 0 Å². The van der Waals surface area contributed by atoms with Crippen LogP contribution in [-0.4, -0.2) is 16.1 Å². The van der Waals surface area contributed by atoms with Gasteiger partial charge in [-0.3, -0.25) is 0 Å². The maximum Gasteiger partial charge on any atom is 0.352 e. The molecule has 1 aromatic heterocycles. The Hall–Kier alpha value is -2.03. The van der Waals surface area contributed by atoms with Crippen LogP contribution in [0.25, 0.3) is 24.1 Å². The van der Waals surface area contributed by atoms with Gasteiger partial charge in [0, 0.05) is 10.9 Å². The van der Waals surface area contributed by atoms with Crippen molar-refractivity contribution in [3.63, 3.8) is 0 Å². The summed E-state index contributed by atoms with van der Waals surface area (Å²) in [5.74, 6) is -0.966. The van der Waals surface area contributed by atoms with E-state index in [1.54, 1.807) is 12.1 Å². The van der Waals surface area contributed by atoms with Gasteiger partial charge in [0.05, 0.1) is 0 Å². The number of carboxylic acids is 1. The molecule has 0 aliphatic rings. The highest BCUT2D eigenvalue weighted by atomic mass is 16.4. The molecular formula is C11H9NO2. The summed E-state index contributed by atoms with van der Waals surface area (Å²) in [6, 6.07) is 5.19. The highest BCUT2D eigenvalue weighted by molar-refractivity contribution is 5.93. The van der Waals surface area contributed by atoms with Crippen molar-refractivity contribution in [2.45, 2.75) is 0 Å². The van der Waals surface area contributed by atoms with Crippen molar-refractivity contribution in [2.75, 3.05) is 0 Å². The molecule has 0 spiro atoms. The third-order valence-corrected chi connectivity index (χ3v) is 2.24. The number of benzene rings is 1. The Kier molecular flexibility index (Phi) is 1.67. The molecule has 0 bridgehead atoms. The van der Waals surface area contributed by atoms with Crippen LogP contribution in [0.2, 0.25) is 0 Å². The Morgan fingerprint density at radius 2 is 2.07 bits per heavy atom. The second-order valence-electron chi connectivity index (χ2n) is 3.15. The van der Waals surface area contributed by atoms with Gasteiger partial charge in [0.15, 0.2) is 0 Å². The zero-order chi connectivity index (χ0) is 10.3. The smallest absolute Gasteiger partial charge is 0.352 e. The Balaban J connectivity index is 2.91. The van der Waals surface area contributed by atoms with Crippen molar-refractivity contribution in [1.29, 1.82) is 0 Å². The van der Waals surface area contributed by atoms with Crippen LogP contribution >= 0.6 is 0 Å². The molecule has 0 aliphatic heterocycles. The lowest BCUT2D eigenvalue weighted by molar-refractivity contribution is 0.0691. The van der Waals surface area contributed by atoms with Crippen LogP contribution in [0.5, 0.6) is 0 Å². The molecular weight excluding hydrogens is 178 g/mol. The summed E-state index contributed by atoms with van der Waals surface area (Å²) < 4.78 is 0. The van der Waals surface area contributed by atoms with Gasteiger partial charge >= 0.3 is 5.97 Å². The number of fused-ring (bicyclic) bond motifs is 1. The van der Waals surface area contributed by atoms with Gasteiger partial charge < -0.3 is 10.1 Å². The van der Waals surface area contributed by atoms with Crippen LogP contribution in [0.3, 0.4) is 0 Å². The highest BCUT2D eigenvalue weighted by Gasteiger charge is 2.06. The normalized spacial score (nSPS) is 10.6. The fourth-order valence-corrected chi connectivity index (χ4v) is 1.42. The molecule has 0 radical (unpaired) electrons. The molecule has 1 heterocycles. The van der Waals surface area contributed by atoms with E-state index < -0.39 is 5.97 Å². The van der Waals surface area contributed by atoms with E-state index in [4.69, 9.17) is 5.11 Å². The van der Waals surface area contributed by atoms with Crippen molar-refractivity contribution in [2.24, 2.45) is 0 Å². The van der Waals surface area contributed by atoms with Crippen LogP contribution < -0.4 is 10.4 Å². The summed E-state index contributed by atoms with van der Waals surface area (Å²) in [7, 11) is 0. The average Bonchev–Trinajstić information content (AvgIpc) is 2.56. The maximum atomic E-state index is 10.7. The highest BCUT2D eigenvalue weighted by Crippen LogP contribution is 2.09. The van der Waals surface area contributed by atoms with Gasteiger partial charge in [0.25, 0.3) is 0 Å². The Labute approximate surface area is 80.0 Å². The molecule has 3 heteroatoms. The molecule has 2 aromatic rings. The van der Waals surface area contributed by atoms with Gasteiger partial charge in [-0.15, -0.1) is 0 Å². The van der Waals surface area contributed by atoms with Crippen LogP contribution in [0.15, 0.2) is 18.2 Å². The second-order valence-corrected chi connectivity index (χ2v) is 3.15. The maximum absolute atomic E-state index is 10.7. The summed E-state index contributed by atoms with van der Waals surface area (Å²) in [4.78, 5) is 13.5. The SMILES string of the molecule is C=c1ccc2[nH]c(C(=O)O)cc2c1=C. The third-order valence-electron chi connectivity index (χ3n) is 2.24. The van der Waals surface area contributed by atoms with E-state index >= 15 is 0 Å². The first-order valence-corrected chi connectivity index (χ1v) is 4.12.